The molecule has 0 spiro atoms. The van der Waals surface area contributed by atoms with Crippen molar-refractivity contribution in [2.75, 3.05) is 70.5 Å². The molecule has 20 nitrogen and oxygen atoms in total. The molecule has 9 N–H and O–H groups in total. The summed E-state index contributed by atoms with van der Waals surface area (Å²) in [7, 11) is -9.48. The van der Waals surface area contributed by atoms with Crippen LogP contribution in [0.15, 0.2) is 104 Å². The van der Waals surface area contributed by atoms with E-state index in [0.717, 1.165) is 43.3 Å². The van der Waals surface area contributed by atoms with Crippen molar-refractivity contribution in [1.29, 1.82) is 0 Å². The summed E-state index contributed by atoms with van der Waals surface area (Å²) in [4.78, 5) is 43.1. The zero-order chi connectivity index (χ0) is 53.8. The van der Waals surface area contributed by atoms with Crippen molar-refractivity contribution in [2.24, 2.45) is 16.5 Å². The van der Waals surface area contributed by atoms with Crippen molar-refractivity contribution in [3.8, 4) is 28.2 Å². The Labute approximate surface area is 433 Å². The van der Waals surface area contributed by atoms with E-state index < -0.39 is 42.9 Å². The minimum atomic E-state index is -5.21. The number of carbonyl (C=O) groups excluding carboxylic acids is 3. The number of sulfonamides is 1. The van der Waals surface area contributed by atoms with E-state index in [0.29, 0.717) is 59.1 Å². The number of anilines is 1. The number of nitrogens with zero attached hydrogens (tertiary/aromatic N) is 3. The number of nitrogens with one attached hydrogen (secondary N) is 4. The second-order valence-corrected chi connectivity index (χ2v) is 20.3. The van der Waals surface area contributed by atoms with Crippen LogP contribution in [0.4, 0.5) is 5.69 Å². The quantitative estimate of drug-likeness (QED) is 0.00682. The molecule has 1 aliphatic heterocycles. The molecule has 3 aromatic carbocycles. The van der Waals surface area contributed by atoms with Crippen LogP contribution in [0.3, 0.4) is 0 Å². The van der Waals surface area contributed by atoms with E-state index in [1.54, 1.807) is 18.2 Å². The number of phenols is 1. The average Bonchev–Trinajstić information content (AvgIpc) is 3.37. The first kappa shape index (κ1) is 58.0. The van der Waals surface area contributed by atoms with Crippen LogP contribution in [0.5, 0.6) is 5.75 Å². The number of benzene rings is 4. The van der Waals surface area contributed by atoms with Crippen LogP contribution in [0.2, 0.25) is 0 Å². The molecule has 22 heteroatoms. The van der Waals surface area contributed by atoms with Crippen LogP contribution in [0.1, 0.15) is 71.8 Å². The van der Waals surface area contributed by atoms with Crippen LogP contribution in [-0.4, -0.2) is 122 Å². The Kier molecular flexibility index (Phi) is 22.0. The Hall–Kier alpha value is -6.85. The maximum Gasteiger partial charge on any atom is 0.244 e. The lowest BCUT2D eigenvalue weighted by atomic mass is 9.93. The number of carbonyl (C=O) groups is 3. The van der Waals surface area contributed by atoms with E-state index in [1.807, 2.05) is 64.1 Å². The highest BCUT2D eigenvalue weighted by atomic mass is 32.2. The Morgan fingerprint density at radius 3 is 2.22 bits per heavy atom. The minimum absolute atomic E-state index is 0.00209. The van der Waals surface area contributed by atoms with E-state index >= 15 is 0 Å². The molecule has 3 aromatic rings. The van der Waals surface area contributed by atoms with Crippen molar-refractivity contribution < 1.29 is 50.0 Å². The van der Waals surface area contributed by atoms with Gasteiger partial charge in [0.05, 0.1) is 29.1 Å². The van der Waals surface area contributed by atoms with Crippen molar-refractivity contribution in [3.05, 3.63) is 95.9 Å². The third-order valence-electron chi connectivity index (χ3n) is 12.1. The Balaban J connectivity index is 1.10. The van der Waals surface area contributed by atoms with Gasteiger partial charge in [0, 0.05) is 91.7 Å². The molecule has 0 radical (unpaired) electrons. The summed E-state index contributed by atoms with van der Waals surface area (Å²) in [5, 5.41) is 19.1. The largest absolute Gasteiger partial charge is 0.744 e. The zero-order valence-electron chi connectivity index (χ0n) is 42.4. The predicted octanol–water partition coefficient (Wildman–Crippen LogP) is 3.81. The van der Waals surface area contributed by atoms with Crippen LogP contribution < -0.4 is 47.0 Å². The molecule has 0 aromatic heterocycles. The van der Waals surface area contributed by atoms with Gasteiger partial charge in [-0.15, -0.1) is 0 Å². The molecule has 0 saturated heterocycles. The van der Waals surface area contributed by atoms with E-state index in [4.69, 9.17) is 20.6 Å². The maximum atomic E-state index is 13.5. The SMILES string of the molecule is CCN(CC)c1ccc2c(-c3ccc(S(=O)(=O)NCCCCCC(=O)NCCOCCNC(=O)[C@@H](CCCN=C(N)N)NC(=O)/C=C\c4ccc(O)cc4)cc3S(=O)(=O)[O-])c3ccc(=[N+](CC)CC)cc-3oc2c1. The van der Waals surface area contributed by atoms with Crippen LogP contribution in [0, 0.1) is 0 Å². The van der Waals surface area contributed by atoms with Gasteiger partial charge < -0.3 is 51.1 Å². The number of phenolic OH excluding ortho intramolecular Hbond substituents is 1. The number of amides is 3. The molecule has 0 bridgehead atoms. The van der Waals surface area contributed by atoms with Crippen molar-refractivity contribution >= 4 is 66.6 Å². The van der Waals surface area contributed by atoms with Gasteiger partial charge in [-0.3, -0.25) is 19.4 Å². The molecular formula is C52H69N9O11S2. The zero-order valence-corrected chi connectivity index (χ0v) is 44.0. The molecule has 1 heterocycles. The second-order valence-electron chi connectivity index (χ2n) is 17.2. The highest BCUT2D eigenvalue weighted by Crippen LogP contribution is 2.43. The van der Waals surface area contributed by atoms with Gasteiger partial charge in [0.15, 0.2) is 5.96 Å². The van der Waals surface area contributed by atoms with Gasteiger partial charge in [-0.05, 0) is 107 Å². The number of ether oxygens (including phenoxy) is 1. The third kappa shape index (κ3) is 16.8. The Morgan fingerprint density at radius 2 is 1.54 bits per heavy atom. The molecule has 0 unspecified atom stereocenters. The highest BCUT2D eigenvalue weighted by molar-refractivity contribution is 7.89. The van der Waals surface area contributed by atoms with Crippen molar-refractivity contribution in [3.63, 3.8) is 0 Å². The molecule has 0 fully saturated rings. The summed E-state index contributed by atoms with van der Waals surface area (Å²) in [6, 6.07) is 20.1. The fourth-order valence-corrected chi connectivity index (χ4v) is 10.1. The number of hydrogen-bond acceptors (Lipinski definition) is 13. The molecule has 3 amide bonds. The normalized spacial score (nSPS) is 12.2. The van der Waals surface area contributed by atoms with Gasteiger partial charge in [-0.2, -0.15) is 0 Å². The standard InChI is InChI=1S/C52H69N9O11S2/c1-5-60(6-2)37-18-23-41-45(33-37)72-46-34-38(61(7-3)8-4)19-24-42(46)50(41)43-25-22-40(35-47(43)74(68,69)70)73(66,67)58-28-11-9-10-14-48(63)55-29-31-71-32-30-56-51(65)44(13-12-27-57-52(53)54)59-49(64)26-17-36-15-20-39(62)21-16-36/h15-26,33-35,44,58H,5-14,27-32H2,1-4H3,(H8-,53,54,55,56,57,59,62,63,64,65,68,69,70)/t44-/m1/s1. The molecule has 74 heavy (non-hydrogen) atoms. The first-order valence-corrected chi connectivity index (χ1v) is 27.7. The number of aliphatic imine (C=N–C) groups is 1. The van der Waals surface area contributed by atoms with E-state index in [9.17, 15) is 40.9 Å². The lowest BCUT2D eigenvalue weighted by molar-refractivity contribution is -0.127. The summed E-state index contributed by atoms with van der Waals surface area (Å²) in [6.07, 6.45) is 5.03. The van der Waals surface area contributed by atoms with Crippen LogP contribution in [-0.2, 0) is 39.3 Å². The van der Waals surface area contributed by atoms with Crippen molar-refractivity contribution in [1.82, 2.24) is 25.2 Å². The smallest absolute Gasteiger partial charge is 0.244 e. The van der Waals surface area contributed by atoms with Gasteiger partial charge >= 0.3 is 0 Å². The first-order chi connectivity index (χ1) is 35.4. The summed E-state index contributed by atoms with van der Waals surface area (Å²) >= 11 is 0. The molecule has 0 saturated carbocycles. The van der Waals surface area contributed by atoms with Crippen LogP contribution in [0.25, 0.3) is 39.5 Å². The lowest BCUT2D eigenvalue weighted by Crippen LogP contribution is -2.47. The maximum absolute atomic E-state index is 13.5. The number of nitrogens with two attached hydrogens (primary N) is 2. The van der Waals surface area contributed by atoms with Crippen molar-refractivity contribution in [2.45, 2.75) is 82.1 Å². The number of unbranched alkanes of at least 4 members (excludes halogenated alkanes) is 2. The number of guanidine groups is 1. The average molecular weight is 1060 g/mol. The van der Waals surface area contributed by atoms with E-state index in [1.165, 1.54) is 30.3 Å². The molecule has 400 valence electrons. The summed E-state index contributed by atoms with van der Waals surface area (Å²) in [6.45, 7) is 12.0. The summed E-state index contributed by atoms with van der Waals surface area (Å²) in [5.74, 6) is -0.679. The molecular weight excluding hydrogens is 991 g/mol. The van der Waals surface area contributed by atoms with Gasteiger partial charge in [0.2, 0.25) is 33.1 Å². The first-order valence-electron chi connectivity index (χ1n) is 24.8. The lowest BCUT2D eigenvalue weighted by Gasteiger charge is -2.23. The molecule has 1 atom stereocenters. The molecule has 2 aliphatic rings. The van der Waals surface area contributed by atoms with E-state index in [2.05, 4.69) is 35.1 Å². The van der Waals surface area contributed by atoms with Gasteiger partial charge in [-0.25, -0.2) is 26.1 Å². The summed E-state index contributed by atoms with van der Waals surface area (Å²) < 4.78 is 82.8. The topological polar surface area (TPSA) is 304 Å². The molecule has 5 rings (SSSR count). The van der Waals surface area contributed by atoms with Gasteiger partial charge in [0.25, 0.3) is 0 Å². The number of fused-ring (bicyclic) bond motifs is 2. The van der Waals surface area contributed by atoms with Crippen LogP contribution >= 0.6 is 0 Å². The van der Waals surface area contributed by atoms with Gasteiger partial charge in [-0.1, -0.05) is 24.6 Å². The molecule has 1 aliphatic carbocycles. The Morgan fingerprint density at radius 1 is 0.838 bits per heavy atom. The summed E-state index contributed by atoms with van der Waals surface area (Å²) in [5.41, 5.74) is 13.8. The number of hydrogen-bond donors (Lipinski definition) is 7. The predicted molar refractivity (Wildman–Crippen MR) is 286 cm³/mol. The fraction of sp³-hybridized carbons (Fsp3) is 0.404. The van der Waals surface area contributed by atoms with Gasteiger partial charge in [0.1, 0.15) is 46.3 Å². The Bertz CT molecular complexity index is 3040. The second kappa shape index (κ2) is 28.0. The minimum Gasteiger partial charge on any atom is -0.744 e. The highest BCUT2D eigenvalue weighted by Gasteiger charge is 2.26. The monoisotopic (exact) mass is 1060 g/mol. The van der Waals surface area contributed by atoms with E-state index in [-0.39, 0.29) is 80.3 Å². The number of rotatable bonds is 29. The third-order valence-corrected chi connectivity index (χ3v) is 14.5. The fourth-order valence-electron chi connectivity index (χ4n) is 8.26. The number of aromatic hydroxyl groups is 1.